The number of hydrazine groups is 1. The van der Waals surface area contributed by atoms with Crippen molar-refractivity contribution in [2.45, 2.75) is 13.3 Å². The molecule has 0 aliphatic rings. The smallest absolute Gasteiger partial charge is 0.313 e. The summed E-state index contributed by atoms with van der Waals surface area (Å²) < 4.78 is 4.67. The summed E-state index contributed by atoms with van der Waals surface area (Å²) in [5.74, 6) is -0.703. The second kappa shape index (κ2) is 7.40. The number of rotatable bonds is 7. The maximum atomic E-state index is 11.3. The molecular formula is C12H16N2O3. The van der Waals surface area contributed by atoms with Gasteiger partial charge in [0.1, 0.15) is 6.42 Å². The van der Waals surface area contributed by atoms with E-state index in [0.29, 0.717) is 6.61 Å². The third kappa shape index (κ3) is 5.67. The summed E-state index contributed by atoms with van der Waals surface area (Å²) in [4.78, 5) is 22.3. The standard InChI is InChI=1S/C12H16N2O3/c1-2-17-12(16)8-11(15)9-13-14-10-6-4-3-5-7-10/h3-7,13-14H,2,8-9H2,1H3. The van der Waals surface area contributed by atoms with Gasteiger partial charge in [-0.1, -0.05) is 18.2 Å². The maximum absolute atomic E-state index is 11.3. The normalized spacial score (nSPS) is 9.71. The average Bonchev–Trinajstić information content (AvgIpc) is 2.30. The fourth-order valence-electron chi connectivity index (χ4n) is 1.20. The summed E-state index contributed by atoms with van der Waals surface area (Å²) >= 11 is 0. The number of para-hydroxylation sites is 1. The molecule has 17 heavy (non-hydrogen) atoms. The molecule has 0 fully saturated rings. The lowest BCUT2D eigenvalue weighted by molar-refractivity contribution is -0.145. The number of benzene rings is 1. The van der Waals surface area contributed by atoms with Crippen molar-refractivity contribution in [2.24, 2.45) is 0 Å². The molecule has 0 saturated heterocycles. The molecule has 0 atom stereocenters. The van der Waals surface area contributed by atoms with E-state index in [1.54, 1.807) is 6.92 Å². The van der Waals surface area contributed by atoms with Gasteiger partial charge in [-0.15, -0.1) is 0 Å². The van der Waals surface area contributed by atoms with Gasteiger partial charge in [-0.3, -0.25) is 9.59 Å². The Bertz CT molecular complexity index is 365. The predicted molar refractivity (Wildman–Crippen MR) is 64.3 cm³/mol. The Hall–Kier alpha value is -1.88. The van der Waals surface area contributed by atoms with Crippen LogP contribution in [-0.2, 0) is 14.3 Å². The second-order valence-electron chi connectivity index (χ2n) is 3.37. The summed E-state index contributed by atoms with van der Waals surface area (Å²) in [5.41, 5.74) is 6.46. The zero-order valence-electron chi connectivity index (χ0n) is 9.73. The van der Waals surface area contributed by atoms with Crippen LogP contribution in [0.2, 0.25) is 0 Å². The molecule has 1 rings (SSSR count). The average molecular weight is 236 g/mol. The Kier molecular flexibility index (Phi) is 5.74. The molecule has 0 bridgehead atoms. The minimum absolute atomic E-state index is 0.0771. The fourth-order valence-corrected chi connectivity index (χ4v) is 1.20. The highest BCUT2D eigenvalue weighted by Crippen LogP contribution is 2.02. The van der Waals surface area contributed by atoms with E-state index in [-0.39, 0.29) is 18.7 Å². The first-order chi connectivity index (χ1) is 8.22. The van der Waals surface area contributed by atoms with Crippen LogP contribution < -0.4 is 10.9 Å². The highest BCUT2D eigenvalue weighted by molar-refractivity contribution is 5.96. The molecular weight excluding hydrogens is 220 g/mol. The number of carbonyl (C=O) groups is 2. The van der Waals surface area contributed by atoms with Crippen LogP contribution in [-0.4, -0.2) is 24.9 Å². The van der Waals surface area contributed by atoms with E-state index in [0.717, 1.165) is 5.69 Å². The van der Waals surface area contributed by atoms with E-state index >= 15 is 0 Å². The molecule has 5 nitrogen and oxygen atoms in total. The summed E-state index contributed by atoms with van der Waals surface area (Å²) in [7, 11) is 0. The van der Waals surface area contributed by atoms with Gasteiger partial charge >= 0.3 is 5.97 Å². The van der Waals surface area contributed by atoms with Crippen LogP contribution >= 0.6 is 0 Å². The van der Waals surface area contributed by atoms with E-state index in [1.807, 2.05) is 30.3 Å². The number of carbonyl (C=O) groups excluding carboxylic acids is 2. The number of ketones is 1. The molecule has 5 heteroatoms. The first-order valence-corrected chi connectivity index (χ1v) is 5.43. The van der Waals surface area contributed by atoms with Crippen molar-refractivity contribution in [1.82, 2.24) is 5.43 Å². The molecule has 0 aliphatic carbocycles. The molecule has 0 heterocycles. The topological polar surface area (TPSA) is 67.4 Å². The molecule has 0 aliphatic heterocycles. The van der Waals surface area contributed by atoms with Crippen molar-refractivity contribution >= 4 is 17.4 Å². The minimum Gasteiger partial charge on any atom is -0.466 e. The molecule has 0 spiro atoms. The number of esters is 1. The SMILES string of the molecule is CCOC(=O)CC(=O)CNNc1ccccc1. The van der Waals surface area contributed by atoms with Crippen molar-refractivity contribution in [3.05, 3.63) is 30.3 Å². The quantitative estimate of drug-likeness (QED) is 0.422. The van der Waals surface area contributed by atoms with Gasteiger partial charge in [-0.25, -0.2) is 5.43 Å². The summed E-state index contributed by atoms with van der Waals surface area (Å²) in [5, 5.41) is 0. The van der Waals surface area contributed by atoms with E-state index in [1.165, 1.54) is 0 Å². The van der Waals surface area contributed by atoms with Crippen LogP contribution in [0.5, 0.6) is 0 Å². The van der Waals surface area contributed by atoms with E-state index < -0.39 is 5.97 Å². The fraction of sp³-hybridized carbons (Fsp3) is 0.333. The van der Waals surface area contributed by atoms with E-state index in [2.05, 4.69) is 15.6 Å². The van der Waals surface area contributed by atoms with Crippen LogP contribution in [0.25, 0.3) is 0 Å². The van der Waals surface area contributed by atoms with Gasteiger partial charge in [-0.2, -0.15) is 0 Å². The van der Waals surface area contributed by atoms with Crippen LogP contribution in [0.1, 0.15) is 13.3 Å². The Morgan fingerprint density at radius 2 is 1.94 bits per heavy atom. The van der Waals surface area contributed by atoms with Gasteiger partial charge in [0, 0.05) is 5.69 Å². The second-order valence-corrected chi connectivity index (χ2v) is 3.37. The molecule has 0 aromatic heterocycles. The molecule has 0 radical (unpaired) electrons. The first-order valence-electron chi connectivity index (χ1n) is 5.43. The van der Waals surface area contributed by atoms with E-state index in [4.69, 9.17) is 0 Å². The van der Waals surface area contributed by atoms with Gasteiger partial charge in [0.25, 0.3) is 0 Å². The number of nitrogens with one attached hydrogen (secondary N) is 2. The lowest BCUT2D eigenvalue weighted by atomic mass is 10.3. The van der Waals surface area contributed by atoms with Crippen molar-refractivity contribution in [3.63, 3.8) is 0 Å². The van der Waals surface area contributed by atoms with Gasteiger partial charge < -0.3 is 10.2 Å². The van der Waals surface area contributed by atoms with Gasteiger partial charge in [0.2, 0.25) is 0 Å². The van der Waals surface area contributed by atoms with Crippen LogP contribution in [0, 0.1) is 0 Å². The first kappa shape index (κ1) is 13.2. The Morgan fingerprint density at radius 3 is 2.59 bits per heavy atom. The van der Waals surface area contributed by atoms with Gasteiger partial charge in [0.05, 0.1) is 13.2 Å². The Morgan fingerprint density at radius 1 is 1.24 bits per heavy atom. The number of Topliss-reactive ketones (excluding diaryl/α,β-unsaturated/α-hetero) is 1. The highest BCUT2D eigenvalue weighted by Gasteiger charge is 2.09. The minimum atomic E-state index is -0.487. The van der Waals surface area contributed by atoms with Crippen molar-refractivity contribution in [3.8, 4) is 0 Å². The molecule has 0 saturated carbocycles. The number of ether oxygens (including phenoxy) is 1. The Labute approximate surface area is 100 Å². The number of anilines is 1. The van der Waals surface area contributed by atoms with Crippen molar-refractivity contribution in [1.29, 1.82) is 0 Å². The van der Waals surface area contributed by atoms with Gasteiger partial charge in [0.15, 0.2) is 5.78 Å². The highest BCUT2D eigenvalue weighted by atomic mass is 16.5. The van der Waals surface area contributed by atoms with Crippen LogP contribution in [0.3, 0.4) is 0 Å². The molecule has 92 valence electrons. The number of hydrogen-bond donors (Lipinski definition) is 2. The summed E-state index contributed by atoms with van der Waals surface area (Å²) in [6, 6.07) is 9.39. The monoisotopic (exact) mass is 236 g/mol. The maximum Gasteiger partial charge on any atom is 0.313 e. The van der Waals surface area contributed by atoms with Crippen LogP contribution in [0.15, 0.2) is 30.3 Å². The van der Waals surface area contributed by atoms with Gasteiger partial charge in [-0.05, 0) is 19.1 Å². The molecule has 1 aromatic rings. The summed E-state index contributed by atoms with van der Waals surface area (Å²) in [6.07, 6.45) is -0.197. The lowest BCUT2D eigenvalue weighted by Crippen LogP contribution is -2.29. The molecule has 0 amide bonds. The third-order valence-electron chi connectivity index (χ3n) is 1.94. The summed E-state index contributed by atoms with van der Waals surface area (Å²) in [6.45, 7) is 2.08. The number of hydrogen-bond acceptors (Lipinski definition) is 5. The predicted octanol–water partition coefficient (Wildman–Crippen LogP) is 1.13. The van der Waals surface area contributed by atoms with E-state index in [9.17, 15) is 9.59 Å². The largest absolute Gasteiger partial charge is 0.466 e. The zero-order valence-corrected chi connectivity index (χ0v) is 9.73. The molecule has 0 unspecified atom stereocenters. The molecule has 1 aromatic carbocycles. The lowest BCUT2D eigenvalue weighted by Gasteiger charge is -2.07. The van der Waals surface area contributed by atoms with Crippen molar-refractivity contribution < 1.29 is 14.3 Å². The molecule has 2 N–H and O–H groups in total. The van der Waals surface area contributed by atoms with Crippen LogP contribution in [0.4, 0.5) is 5.69 Å². The van der Waals surface area contributed by atoms with Crippen molar-refractivity contribution in [2.75, 3.05) is 18.6 Å². The third-order valence-corrected chi connectivity index (χ3v) is 1.94. The zero-order chi connectivity index (χ0) is 12.5. The Balaban J connectivity index is 2.18.